The van der Waals surface area contributed by atoms with Gasteiger partial charge in [-0.05, 0) is 12.1 Å². The van der Waals surface area contributed by atoms with Crippen LogP contribution in [0.15, 0.2) is 36.9 Å². The number of amides is 1. The number of aromatic nitrogens is 5. The fourth-order valence-corrected chi connectivity index (χ4v) is 3.39. The molecule has 152 valence electrons. The minimum atomic E-state index is -0.0839. The van der Waals surface area contributed by atoms with Gasteiger partial charge in [0.05, 0.1) is 13.2 Å². The van der Waals surface area contributed by atoms with Crippen molar-refractivity contribution in [3.63, 3.8) is 0 Å². The highest BCUT2D eigenvalue weighted by atomic mass is 16.5. The Bertz CT molecular complexity index is 971. The SMILES string of the molecule is Cn1cc(-c2cnc(-c3ccnn3C)nc2)cc1C(=O)NCCN1CCOCC1. The monoisotopic (exact) mass is 395 g/mol. The van der Waals surface area contributed by atoms with Crippen molar-refractivity contribution in [3.8, 4) is 22.6 Å². The molecule has 0 aliphatic carbocycles. The summed E-state index contributed by atoms with van der Waals surface area (Å²) < 4.78 is 8.91. The predicted molar refractivity (Wildman–Crippen MR) is 108 cm³/mol. The normalized spacial score (nSPS) is 14.8. The van der Waals surface area contributed by atoms with Gasteiger partial charge >= 0.3 is 0 Å². The molecule has 0 atom stereocenters. The van der Waals surface area contributed by atoms with Crippen LogP contribution >= 0.6 is 0 Å². The van der Waals surface area contributed by atoms with E-state index in [9.17, 15) is 4.79 Å². The second-order valence-electron chi connectivity index (χ2n) is 7.07. The summed E-state index contributed by atoms with van der Waals surface area (Å²) in [5.41, 5.74) is 3.23. The van der Waals surface area contributed by atoms with Crippen LogP contribution in [0.4, 0.5) is 0 Å². The lowest BCUT2D eigenvalue weighted by Crippen LogP contribution is -2.41. The maximum absolute atomic E-state index is 12.6. The lowest BCUT2D eigenvalue weighted by molar-refractivity contribution is 0.0383. The van der Waals surface area contributed by atoms with E-state index in [0.29, 0.717) is 18.1 Å². The molecule has 0 spiro atoms. The van der Waals surface area contributed by atoms with E-state index in [0.717, 1.165) is 49.7 Å². The number of aryl methyl sites for hydroxylation is 2. The first kappa shape index (κ1) is 19.3. The molecule has 1 N–H and O–H groups in total. The summed E-state index contributed by atoms with van der Waals surface area (Å²) in [6, 6.07) is 3.74. The molecular formula is C20H25N7O2. The second-order valence-corrected chi connectivity index (χ2v) is 7.07. The van der Waals surface area contributed by atoms with Gasteiger partial charge in [-0.1, -0.05) is 0 Å². The summed E-state index contributed by atoms with van der Waals surface area (Å²) in [4.78, 5) is 23.8. The molecule has 1 saturated heterocycles. The predicted octanol–water partition coefficient (Wildman–Crippen LogP) is 0.945. The summed E-state index contributed by atoms with van der Waals surface area (Å²) in [7, 11) is 3.72. The Morgan fingerprint density at radius 2 is 1.93 bits per heavy atom. The molecule has 4 heterocycles. The minimum Gasteiger partial charge on any atom is -0.379 e. The van der Waals surface area contributed by atoms with Crippen LogP contribution in [-0.2, 0) is 18.8 Å². The van der Waals surface area contributed by atoms with Crippen molar-refractivity contribution in [1.82, 2.24) is 34.5 Å². The summed E-state index contributed by atoms with van der Waals surface area (Å²) in [6.07, 6.45) is 7.17. The molecule has 9 heteroatoms. The number of nitrogens with one attached hydrogen (secondary N) is 1. The zero-order chi connectivity index (χ0) is 20.2. The van der Waals surface area contributed by atoms with Gasteiger partial charge in [-0.3, -0.25) is 14.4 Å². The maximum atomic E-state index is 12.6. The van der Waals surface area contributed by atoms with Crippen molar-refractivity contribution in [2.24, 2.45) is 14.1 Å². The van der Waals surface area contributed by atoms with Gasteiger partial charge in [0.2, 0.25) is 0 Å². The third-order valence-corrected chi connectivity index (χ3v) is 5.09. The number of carbonyl (C=O) groups excluding carboxylic acids is 1. The number of hydrogen-bond acceptors (Lipinski definition) is 6. The van der Waals surface area contributed by atoms with E-state index in [-0.39, 0.29) is 5.91 Å². The van der Waals surface area contributed by atoms with Crippen molar-refractivity contribution in [3.05, 3.63) is 42.6 Å². The van der Waals surface area contributed by atoms with E-state index < -0.39 is 0 Å². The molecule has 0 unspecified atom stereocenters. The van der Waals surface area contributed by atoms with Gasteiger partial charge in [0.25, 0.3) is 5.91 Å². The average molecular weight is 395 g/mol. The Balaban J connectivity index is 1.40. The highest BCUT2D eigenvalue weighted by molar-refractivity contribution is 5.94. The fourth-order valence-electron chi connectivity index (χ4n) is 3.39. The molecule has 3 aromatic heterocycles. The summed E-state index contributed by atoms with van der Waals surface area (Å²) >= 11 is 0. The Morgan fingerprint density at radius 3 is 2.62 bits per heavy atom. The van der Waals surface area contributed by atoms with Crippen LogP contribution in [0.2, 0.25) is 0 Å². The largest absolute Gasteiger partial charge is 0.379 e. The molecular weight excluding hydrogens is 370 g/mol. The first-order valence-electron chi connectivity index (χ1n) is 9.67. The Morgan fingerprint density at radius 1 is 1.17 bits per heavy atom. The lowest BCUT2D eigenvalue weighted by Gasteiger charge is -2.26. The fraction of sp³-hybridized carbons (Fsp3) is 0.400. The molecule has 1 fully saturated rings. The zero-order valence-corrected chi connectivity index (χ0v) is 16.7. The molecule has 0 radical (unpaired) electrons. The van der Waals surface area contributed by atoms with E-state index in [1.54, 1.807) is 23.3 Å². The van der Waals surface area contributed by atoms with E-state index in [1.807, 2.05) is 37.0 Å². The van der Waals surface area contributed by atoms with Crippen LogP contribution < -0.4 is 5.32 Å². The van der Waals surface area contributed by atoms with Gasteiger partial charge in [0, 0.05) is 76.2 Å². The van der Waals surface area contributed by atoms with Crippen LogP contribution in [0, 0.1) is 0 Å². The quantitative estimate of drug-likeness (QED) is 0.668. The third-order valence-electron chi connectivity index (χ3n) is 5.09. The van der Waals surface area contributed by atoms with Crippen LogP contribution in [0.25, 0.3) is 22.6 Å². The molecule has 29 heavy (non-hydrogen) atoms. The smallest absolute Gasteiger partial charge is 0.267 e. The van der Waals surface area contributed by atoms with Gasteiger partial charge < -0.3 is 14.6 Å². The van der Waals surface area contributed by atoms with E-state index >= 15 is 0 Å². The molecule has 4 rings (SSSR count). The molecule has 1 aliphatic rings. The second kappa shape index (κ2) is 8.54. The van der Waals surface area contributed by atoms with Gasteiger partial charge in [0.15, 0.2) is 5.82 Å². The Kier molecular flexibility index (Phi) is 5.68. The van der Waals surface area contributed by atoms with Crippen LogP contribution in [-0.4, -0.2) is 74.5 Å². The maximum Gasteiger partial charge on any atom is 0.267 e. The number of hydrogen-bond donors (Lipinski definition) is 1. The number of nitrogens with zero attached hydrogens (tertiary/aromatic N) is 6. The van der Waals surface area contributed by atoms with E-state index in [4.69, 9.17) is 4.74 Å². The van der Waals surface area contributed by atoms with Gasteiger partial charge in [-0.15, -0.1) is 0 Å². The standard InChI is InChI=1S/C20H25N7O2/c1-25-14-15(16-12-22-19(23-13-16)17-3-4-24-26(17)2)11-18(25)20(28)21-5-6-27-7-9-29-10-8-27/h3-4,11-14H,5-10H2,1-2H3,(H,21,28). The molecule has 0 saturated carbocycles. The molecule has 1 amide bonds. The summed E-state index contributed by atoms with van der Waals surface area (Å²) in [6.45, 7) is 4.79. The van der Waals surface area contributed by atoms with Crippen molar-refractivity contribution in [2.75, 3.05) is 39.4 Å². The average Bonchev–Trinajstić information content (AvgIpc) is 3.34. The van der Waals surface area contributed by atoms with Crippen molar-refractivity contribution in [2.45, 2.75) is 0 Å². The first-order valence-corrected chi connectivity index (χ1v) is 9.67. The van der Waals surface area contributed by atoms with Crippen LogP contribution in [0.3, 0.4) is 0 Å². The molecule has 0 bridgehead atoms. The molecule has 1 aliphatic heterocycles. The Hall–Kier alpha value is -3.04. The topological polar surface area (TPSA) is 90.1 Å². The van der Waals surface area contributed by atoms with Crippen molar-refractivity contribution >= 4 is 5.91 Å². The van der Waals surface area contributed by atoms with Gasteiger partial charge in [0.1, 0.15) is 11.4 Å². The van der Waals surface area contributed by atoms with E-state index in [2.05, 4.69) is 25.3 Å². The number of ether oxygens (including phenoxy) is 1. The molecule has 0 aromatic carbocycles. The summed E-state index contributed by atoms with van der Waals surface area (Å²) in [5, 5.41) is 7.14. The minimum absolute atomic E-state index is 0.0839. The third kappa shape index (κ3) is 4.36. The van der Waals surface area contributed by atoms with Crippen LogP contribution in [0.5, 0.6) is 0 Å². The zero-order valence-electron chi connectivity index (χ0n) is 16.7. The van der Waals surface area contributed by atoms with Crippen LogP contribution in [0.1, 0.15) is 10.5 Å². The highest BCUT2D eigenvalue weighted by Gasteiger charge is 2.15. The number of rotatable bonds is 6. The Labute approximate surface area is 169 Å². The van der Waals surface area contributed by atoms with Crippen molar-refractivity contribution in [1.29, 1.82) is 0 Å². The summed E-state index contributed by atoms with van der Waals surface area (Å²) in [5.74, 6) is 0.533. The lowest BCUT2D eigenvalue weighted by atomic mass is 10.2. The first-order chi connectivity index (χ1) is 14.1. The molecule has 9 nitrogen and oxygen atoms in total. The number of morpholine rings is 1. The van der Waals surface area contributed by atoms with Crippen molar-refractivity contribution < 1.29 is 9.53 Å². The highest BCUT2D eigenvalue weighted by Crippen LogP contribution is 2.22. The van der Waals surface area contributed by atoms with E-state index in [1.165, 1.54) is 0 Å². The molecule has 3 aromatic rings. The van der Waals surface area contributed by atoms with Gasteiger partial charge in [-0.25, -0.2) is 9.97 Å². The number of carbonyl (C=O) groups is 1. The van der Waals surface area contributed by atoms with Gasteiger partial charge in [-0.2, -0.15) is 5.10 Å².